The Bertz CT molecular complexity index is 446. The lowest BCUT2D eigenvalue weighted by molar-refractivity contribution is -0.111. The molecule has 2 aliphatic rings. The van der Waals surface area contributed by atoms with Gasteiger partial charge in [-0.1, -0.05) is 53.7 Å². The number of allylic oxidation sites excluding steroid dienone is 2. The summed E-state index contributed by atoms with van der Waals surface area (Å²) < 4.78 is 11.7. The van der Waals surface area contributed by atoms with Crippen LogP contribution in [0.2, 0.25) is 0 Å². The van der Waals surface area contributed by atoms with Gasteiger partial charge in [0.1, 0.15) is 11.2 Å². The van der Waals surface area contributed by atoms with Crippen molar-refractivity contribution in [3.63, 3.8) is 0 Å². The summed E-state index contributed by atoms with van der Waals surface area (Å²) in [5, 5.41) is 0. The smallest absolute Gasteiger partial charge is 0.423 e. The summed E-state index contributed by atoms with van der Waals surface area (Å²) in [6.45, 7) is 12.6. The maximum atomic E-state index is 12.5. The van der Waals surface area contributed by atoms with Crippen LogP contribution < -0.4 is 0 Å². The van der Waals surface area contributed by atoms with Crippen LogP contribution in [0.3, 0.4) is 0 Å². The van der Waals surface area contributed by atoms with Gasteiger partial charge in [0.05, 0.1) is 0 Å². The number of rotatable bonds is 2. The minimum Gasteiger partial charge on any atom is -0.423 e. The van der Waals surface area contributed by atoms with E-state index in [0.29, 0.717) is 0 Å². The Labute approximate surface area is 134 Å². The van der Waals surface area contributed by atoms with Crippen LogP contribution >= 0.6 is 0 Å². The van der Waals surface area contributed by atoms with Crippen molar-refractivity contribution in [2.75, 3.05) is 0 Å². The summed E-state index contributed by atoms with van der Waals surface area (Å²) in [7, 11) is 0. The highest BCUT2D eigenvalue weighted by Gasteiger charge is 2.49. The lowest BCUT2D eigenvalue weighted by Crippen LogP contribution is -2.48. The maximum absolute atomic E-state index is 12.5. The fourth-order valence-corrected chi connectivity index (χ4v) is 3.35. The molecule has 0 N–H and O–H groups in total. The van der Waals surface area contributed by atoms with E-state index in [0.717, 1.165) is 25.7 Å². The summed E-state index contributed by atoms with van der Waals surface area (Å²) in [5.41, 5.74) is -1.43. The Kier molecular flexibility index (Phi) is 4.23. The van der Waals surface area contributed by atoms with E-state index in [1.165, 1.54) is 0 Å². The van der Waals surface area contributed by atoms with Crippen molar-refractivity contribution in [1.29, 1.82) is 0 Å². The van der Waals surface area contributed by atoms with E-state index in [2.05, 4.69) is 53.7 Å². The molecule has 0 aliphatic heterocycles. The topological polar surface area (TPSA) is 35.5 Å². The van der Waals surface area contributed by atoms with Crippen LogP contribution in [-0.2, 0) is 9.47 Å². The Balaban J connectivity index is 2.16. The molecule has 0 amide bonds. The van der Waals surface area contributed by atoms with E-state index in [-0.39, 0.29) is 10.8 Å². The second-order valence-electron chi connectivity index (χ2n) is 8.62. The second kappa shape index (κ2) is 5.43. The molecule has 22 heavy (non-hydrogen) atoms. The molecule has 0 spiro atoms. The highest BCUT2D eigenvalue weighted by molar-refractivity contribution is 5.63. The number of carbonyl (C=O) groups excluding carboxylic acids is 1. The van der Waals surface area contributed by atoms with Crippen molar-refractivity contribution < 1.29 is 14.3 Å². The molecule has 2 atom stereocenters. The minimum atomic E-state index is -0.564. The predicted molar refractivity (Wildman–Crippen MR) is 88.7 cm³/mol. The Morgan fingerprint density at radius 3 is 1.41 bits per heavy atom. The van der Waals surface area contributed by atoms with Gasteiger partial charge in [0, 0.05) is 10.8 Å². The van der Waals surface area contributed by atoms with Gasteiger partial charge < -0.3 is 9.47 Å². The van der Waals surface area contributed by atoms with Gasteiger partial charge in [0.25, 0.3) is 0 Å². The Morgan fingerprint density at radius 2 is 1.18 bits per heavy atom. The van der Waals surface area contributed by atoms with E-state index in [9.17, 15) is 4.79 Å². The number of ether oxygens (including phenoxy) is 2. The lowest BCUT2D eigenvalue weighted by atomic mass is 9.75. The van der Waals surface area contributed by atoms with Gasteiger partial charge in [-0.3, -0.25) is 0 Å². The van der Waals surface area contributed by atoms with Crippen LogP contribution in [0.4, 0.5) is 4.79 Å². The van der Waals surface area contributed by atoms with Gasteiger partial charge in [0.15, 0.2) is 0 Å². The fraction of sp³-hybridized carbons (Fsp3) is 0.737. The van der Waals surface area contributed by atoms with Crippen LogP contribution in [0, 0.1) is 10.8 Å². The van der Waals surface area contributed by atoms with E-state index >= 15 is 0 Å². The summed E-state index contributed by atoms with van der Waals surface area (Å²) >= 11 is 0. The summed E-state index contributed by atoms with van der Waals surface area (Å²) in [5.74, 6) is 0. The van der Waals surface area contributed by atoms with Gasteiger partial charge in [-0.25, -0.2) is 4.79 Å². The molecule has 0 radical (unpaired) electrons. The maximum Gasteiger partial charge on any atom is 0.510 e. The molecule has 0 bridgehead atoms. The number of carbonyl (C=O) groups is 1. The zero-order valence-electron chi connectivity index (χ0n) is 14.9. The van der Waals surface area contributed by atoms with Gasteiger partial charge in [0.2, 0.25) is 0 Å². The molecule has 0 saturated heterocycles. The van der Waals surface area contributed by atoms with Gasteiger partial charge in [-0.15, -0.1) is 0 Å². The average Bonchev–Trinajstić information content (AvgIpc) is 2.97. The van der Waals surface area contributed by atoms with Crippen molar-refractivity contribution in [3.05, 3.63) is 24.3 Å². The zero-order valence-corrected chi connectivity index (χ0v) is 14.9. The first-order valence-corrected chi connectivity index (χ1v) is 8.29. The molecule has 2 unspecified atom stereocenters. The molecular weight excluding hydrogens is 276 g/mol. The molecule has 3 nitrogen and oxygen atoms in total. The van der Waals surface area contributed by atoms with Crippen molar-refractivity contribution in [2.24, 2.45) is 10.8 Å². The van der Waals surface area contributed by atoms with E-state index in [1.807, 2.05) is 12.2 Å². The monoisotopic (exact) mass is 306 g/mol. The highest BCUT2D eigenvalue weighted by atomic mass is 16.7. The summed E-state index contributed by atoms with van der Waals surface area (Å²) in [6, 6.07) is 0. The SMILES string of the molecule is CC(C)(C)C1(OC(=O)OC2(C(C)(C)C)C=CCC2)C=CCC1. The highest BCUT2D eigenvalue weighted by Crippen LogP contribution is 2.45. The third-order valence-electron chi connectivity index (χ3n) is 5.21. The van der Waals surface area contributed by atoms with Crippen molar-refractivity contribution in [3.8, 4) is 0 Å². The predicted octanol–water partition coefficient (Wildman–Crippen LogP) is 5.41. The van der Waals surface area contributed by atoms with Gasteiger partial charge in [-0.05, 0) is 37.8 Å². The van der Waals surface area contributed by atoms with Crippen molar-refractivity contribution in [1.82, 2.24) is 0 Å². The summed E-state index contributed by atoms with van der Waals surface area (Å²) in [4.78, 5) is 12.5. The first-order valence-electron chi connectivity index (χ1n) is 8.29. The average molecular weight is 306 g/mol. The molecule has 0 heterocycles. The van der Waals surface area contributed by atoms with E-state index in [1.54, 1.807) is 0 Å². The minimum absolute atomic E-state index is 0.153. The first-order chi connectivity index (χ1) is 10.0. The standard InChI is InChI=1S/C19H30O3/c1-16(2,3)18(11-7-8-12-18)21-15(20)22-19(17(4,5)6)13-9-10-14-19/h7,9,11,13H,8,10,12,14H2,1-6H3. The van der Waals surface area contributed by atoms with Crippen LogP contribution in [0.5, 0.6) is 0 Å². The molecule has 0 fully saturated rings. The number of hydrogen-bond donors (Lipinski definition) is 0. The second-order valence-corrected chi connectivity index (χ2v) is 8.62. The molecule has 0 aromatic rings. The third-order valence-corrected chi connectivity index (χ3v) is 5.21. The van der Waals surface area contributed by atoms with E-state index in [4.69, 9.17) is 9.47 Å². The molecule has 0 aromatic carbocycles. The summed E-state index contributed by atoms with van der Waals surface area (Å²) in [6.07, 6.45) is 11.2. The molecule has 2 rings (SSSR count). The molecule has 3 heteroatoms. The molecule has 2 aliphatic carbocycles. The van der Waals surface area contributed by atoms with Crippen molar-refractivity contribution >= 4 is 6.16 Å². The van der Waals surface area contributed by atoms with Crippen LogP contribution in [0.15, 0.2) is 24.3 Å². The largest absolute Gasteiger partial charge is 0.510 e. The van der Waals surface area contributed by atoms with Crippen LogP contribution in [0.1, 0.15) is 67.2 Å². The van der Waals surface area contributed by atoms with Gasteiger partial charge in [-0.2, -0.15) is 0 Å². The third kappa shape index (κ3) is 2.95. The molecule has 0 saturated carbocycles. The van der Waals surface area contributed by atoms with Crippen molar-refractivity contribution in [2.45, 2.75) is 78.4 Å². The molecule has 124 valence electrons. The first kappa shape index (κ1) is 17.1. The Morgan fingerprint density at radius 1 is 0.818 bits per heavy atom. The number of hydrogen-bond acceptors (Lipinski definition) is 3. The van der Waals surface area contributed by atoms with E-state index < -0.39 is 17.4 Å². The van der Waals surface area contributed by atoms with Gasteiger partial charge >= 0.3 is 6.16 Å². The quantitative estimate of drug-likeness (QED) is 0.505. The zero-order chi connectivity index (χ0) is 16.6. The van der Waals surface area contributed by atoms with Crippen LogP contribution in [0.25, 0.3) is 0 Å². The molecule has 0 aromatic heterocycles. The normalized spacial score (nSPS) is 31.5. The lowest BCUT2D eigenvalue weighted by Gasteiger charge is -2.43. The Hall–Kier alpha value is -1.25. The van der Waals surface area contributed by atoms with Crippen LogP contribution in [-0.4, -0.2) is 17.4 Å². The fourth-order valence-electron chi connectivity index (χ4n) is 3.35. The molecular formula is C19H30O3.